The molecule has 0 atom stereocenters. The molecule has 5 aromatic rings. The molecule has 0 bridgehead atoms. The summed E-state index contributed by atoms with van der Waals surface area (Å²) in [4.78, 5) is 4.57. The summed E-state index contributed by atoms with van der Waals surface area (Å²) in [6, 6.07) is 20.8. The van der Waals surface area contributed by atoms with Crippen LogP contribution in [0.15, 0.2) is 85.5 Å². The highest BCUT2D eigenvalue weighted by molar-refractivity contribution is 5.83. The minimum absolute atomic E-state index is 0.226. The molecule has 28 heavy (non-hydrogen) atoms. The normalized spacial score (nSPS) is 11.2. The van der Waals surface area contributed by atoms with E-state index < -0.39 is 0 Å². The molecule has 0 spiro atoms. The number of aryl methyl sites for hydroxylation is 1. The van der Waals surface area contributed by atoms with Gasteiger partial charge in [0.25, 0.3) is 0 Å². The number of hydrogen-bond acceptors (Lipinski definition) is 2. The Bertz CT molecular complexity index is 1300. The number of imidazole rings is 1. The van der Waals surface area contributed by atoms with Gasteiger partial charge in [-0.15, -0.1) is 0 Å². The van der Waals surface area contributed by atoms with Gasteiger partial charge in [-0.25, -0.2) is 9.37 Å². The van der Waals surface area contributed by atoms with Gasteiger partial charge in [-0.1, -0.05) is 36.4 Å². The fourth-order valence-corrected chi connectivity index (χ4v) is 3.49. The zero-order valence-electron chi connectivity index (χ0n) is 15.2. The van der Waals surface area contributed by atoms with E-state index in [4.69, 9.17) is 0 Å². The summed E-state index contributed by atoms with van der Waals surface area (Å²) in [6.07, 6.45) is 5.63. The Morgan fingerprint density at radius 2 is 1.75 bits per heavy atom. The molecule has 5 rings (SSSR count). The molecule has 2 aromatic heterocycles. The maximum Gasteiger partial charge on any atom is 0.131 e. The summed E-state index contributed by atoms with van der Waals surface area (Å²) < 4.78 is 18.0. The van der Waals surface area contributed by atoms with Crippen LogP contribution in [0.3, 0.4) is 0 Å². The summed E-state index contributed by atoms with van der Waals surface area (Å²) in [5.41, 5.74) is 6.40. The van der Waals surface area contributed by atoms with Crippen molar-refractivity contribution in [3.63, 3.8) is 0 Å². The Kier molecular flexibility index (Phi) is 3.79. The van der Waals surface area contributed by atoms with Crippen LogP contribution in [0.2, 0.25) is 0 Å². The van der Waals surface area contributed by atoms with Crippen LogP contribution in [0.25, 0.3) is 39.0 Å². The molecular formula is C23H17FN4. The largest absolute Gasteiger partial charge is 0.299 e. The monoisotopic (exact) mass is 368 g/mol. The number of halogens is 1. The van der Waals surface area contributed by atoms with E-state index in [9.17, 15) is 4.39 Å². The van der Waals surface area contributed by atoms with E-state index >= 15 is 0 Å². The van der Waals surface area contributed by atoms with Crippen LogP contribution in [-0.2, 0) is 7.05 Å². The Morgan fingerprint density at radius 3 is 2.57 bits per heavy atom. The van der Waals surface area contributed by atoms with Crippen LogP contribution >= 0.6 is 0 Å². The lowest BCUT2D eigenvalue weighted by Crippen LogP contribution is -1.93. The van der Waals surface area contributed by atoms with E-state index in [2.05, 4.69) is 28.3 Å². The van der Waals surface area contributed by atoms with E-state index in [-0.39, 0.29) is 5.82 Å². The van der Waals surface area contributed by atoms with Gasteiger partial charge in [0.05, 0.1) is 17.2 Å². The number of benzene rings is 3. The Balaban J connectivity index is 1.58. The molecule has 0 saturated heterocycles. The molecule has 0 unspecified atom stereocenters. The quantitative estimate of drug-likeness (QED) is 0.437. The van der Waals surface area contributed by atoms with Crippen molar-refractivity contribution >= 4 is 11.0 Å². The third-order valence-electron chi connectivity index (χ3n) is 4.89. The third kappa shape index (κ3) is 2.77. The molecule has 2 heterocycles. The summed E-state index contributed by atoms with van der Waals surface area (Å²) in [7, 11) is 1.90. The summed E-state index contributed by atoms with van der Waals surface area (Å²) in [6.45, 7) is 0. The fourth-order valence-electron chi connectivity index (χ4n) is 3.49. The van der Waals surface area contributed by atoms with E-state index in [1.807, 2.05) is 54.3 Å². The summed E-state index contributed by atoms with van der Waals surface area (Å²) >= 11 is 0. The highest BCUT2D eigenvalue weighted by Gasteiger charge is 2.10. The first-order chi connectivity index (χ1) is 13.7. The Morgan fingerprint density at radius 1 is 0.857 bits per heavy atom. The van der Waals surface area contributed by atoms with Gasteiger partial charge < -0.3 is 0 Å². The second-order valence-corrected chi connectivity index (χ2v) is 6.75. The maximum atomic E-state index is 14.2. The standard InChI is InChI=1S/C23H17FN4/c1-27-14-18(13-26-27)16-9-10-23-22(12-16)25-15-28(23)19-6-4-5-17(11-19)20-7-2-3-8-21(20)24/h2-15H,1H3. The molecule has 5 heteroatoms. The molecule has 0 amide bonds. The first-order valence-electron chi connectivity index (χ1n) is 9.00. The third-order valence-corrected chi connectivity index (χ3v) is 4.89. The molecular weight excluding hydrogens is 351 g/mol. The molecule has 0 radical (unpaired) electrons. The van der Waals surface area contributed by atoms with E-state index in [0.29, 0.717) is 5.56 Å². The zero-order valence-corrected chi connectivity index (χ0v) is 15.2. The van der Waals surface area contributed by atoms with Crippen LogP contribution in [0.4, 0.5) is 4.39 Å². The van der Waals surface area contributed by atoms with Crippen LogP contribution in [0.1, 0.15) is 0 Å². The average Bonchev–Trinajstić information content (AvgIpc) is 3.34. The molecule has 4 nitrogen and oxygen atoms in total. The minimum Gasteiger partial charge on any atom is -0.299 e. The van der Waals surface area contributed by atoms with Crippen molar-refractivity contribution in [2.45, 2.75) is 0 Å². The van der Waals surface area contributed by atoms with Gasteiger partial charge in [-0.2, -0.15) is 5.10 Å². The molecule has 3 aromatic carbocycles. The van der Waals surface area contributed by atoms with Gasteiger partial charge in [0.15, 0.2) is 0 Å². The Hall–Kier alpha value is -3.73. The summed E-state index contributed by atoms with van der Waals surface area (Å²) in [5.74, 6) is -0.226. The molecule has 0 aliphatic heterocycles. The predicted octanol–water partition coefficient (Wildman–Crippen LogP) is 5.23. The van der Waals surface area contributed by atoms with Gasteiger partial charge in [0.1, 0.15) is 12.1 Å². The van der Waals surface area contributed by atoms with Crippen molar-refractivity contribution in [2.75, 3.05) is 0 Å². The van der Waals surface area contributed by atoms with Crippen molar-refractivity contribution < 1.29 is 4.39 Å². The highest BCUT2D eigenvalue weighted by atomic mass is 19.1. The van der Waals surface area contributed by atoms with Crippen molar-refractivity contribution in [1.82, 2.24) is 19.3 Å². The Labute approximate surface area is 161 Å². The number of aromatic nitrogens is 4. The molecule has 0 aliphatic carbocycles. The maximum absolute atomic E-state index is 14.2. The zero-order chi connectivity index (χ0) is 19.1. The lowest BCUT2D eigenvalue weighted by Gasteiger charge is -2.08. The molecule has 0 saturated carbocycles. The number of nitrogens with zero attached hydrogens (tertiary/aromatic N) is 4. The van der Waals surface area contributed by atoms with E-state index in [1.165, 1.54) is 6.07 Å². The van der Waals surface area contributed by atoms with Gasteiger partial charge in [-0.3, -0.25) is 9.25 Å². The predicted molar refractivity (Wildman–Crippen MR) is 109 cm³/mol. The van der Waals surface area contributed by atoms with Crippen molar-refractivity contribution in [2.24, 2.45) is 7.05 Å². The number of fused-ring (bicyclic) bond motifs is 1. The topological polar surface area (TPSA) is 35.6 Å². The lowest BCUT2D eigenvalue weighted by atomic mass is 10.0. The second-order valence-electron chi connectivity index (χ2n) is 6.75. The smallest absolute Gasteiger partial charge is 0.131 e. The van der Waals surface area contributed by atoms with Crippen molar-refractivity contribution in [3.05, 3.63) is 91.3 Å². The van der Waals surface area contributed by atoms with Gasteiger partial charge in [0.2, 0.25) is 0 Å². The second kappa shape index (κ2) is 6.46. The first kappa shape index (κ1) is 16.4. The van der Waals surface area contributed by atoms with E-state index in [0.717, 1.165) is 33.4 Å². The minimum atomic E-state index is -0.226. The summed E-state index contributed by atoms with van der Waals surface area (Å²) in [5, 5.41) is 4.23. The number of hydrogen-bond donors (Lipinski definition) is 0. The van der Waals surface area contributed by atoms with Gasteiger partial charge in [0, 0.05) is 30.1 Å². The van der Waals surface area contributed by atoms with Gasteiger partial charge >= 0.3 is 0 Å². The van der Waals surface area contributed by atoms with Crippen LogP contribution < -0.4 is 0 Å². The van der Waals surface area contributed by atoms with Gasteiger partial charge in [-0.05, 0) is 41.5 Å². The van der Waals surface area contributed by atoms with E-state index in [1.54, 1.807) is 23.1 Å². The highest BCUT2D eigenvalue weighted by Crippen LogP contribution is 2.28. The number of rotatable bonds is 3. The average molecular weight is 368 g/mol. The SMILES string of the molecule is Cn1cc(-c2ccc3c(c2)ncn3-c2cccc(-c3ccccc3F)c2)cn1. The van der Waals surface area contributed by atoms with Crippen LogP contribution in [0.5, 0.6) is 0 Å². The van der Waals surface area contributed by atoms with Crippen molar-refractivity contribution in [1.29, 1.82) is 0 Å². The lowest BCUT2D eigenvalue weighted by molar-refractivity contribution is 0.631. The van der Waals surface area contributed by atoms with Crippen LogP contribution in [0, 0.1) is 5.82 Å². The van der Waals surface area contributed by atoms with Crippen LogP contribution in [-0.4, -0.2) is 19.3 Å². The molecule has 136 valence electrons. The first-order valence-corrected chi connectivity index (χ1v) is 9.00. The fraction of sp³-hybridized carbons (Fsp3) is 0.0435. The molecule has 0 fully saturated rings. The molecule has 0 aliphatic rings. The van der Waals surface area contributed by atoms with Crippen molar-refractivity contribution in [3.8, 4) is 27.9 Å². The molecule has 0 N–H and O–H groups in total.